The molecule has 1 fully saturated rings. The summed E-state index contributed by atoms with van der Waals surface area (Å²) < 4.78 is 5.94. The Hall–Kier alpha value is -1.84. The van der Waals surface area contributed by atoms with Crippen molar-refractivity contribution in [3.05, 3.63) is 65.0 Å². The van der Waals surface area contributed by atoms with Gasteiger partial charge in [-0.1, -0.05) is 35.9 Å². The van der Waals surface area contributed by atoms with E-state index in [1.54, 1.807) is 0 Å². The Morgan fingerprint density at radius 2 is 1.79 bits per heavy atom. The van der Waals surface area contributed by atoms with E-state index in [0.717, 1.165) is 60.9 Å². The molecule has 0 aliphatic carbocycles. The second-order valence-corrected chi connectivity index (χ2v) is 6.95. The summed E-state index contributed by atoms with van der Waals surface area (Å²) in [5, 5.41) is 0.804. The minimum atomic E-state index is 0.448. The monoisotopic (exact) mass is 340 g/mol. The van der Waals surface area contributed by atoms with Crippen LogP contribution in [0.15, 0.2) is 52.9 Å². The lowest BCUT2D eigenvalue weighted by atomic mass is 9.96. The van der Waals surface area contributed by atoms with Crippen molar-refractivity contribution in [2.45, 2.75) is 25.2 Å². The normalized spacial score (nSPS) is 16.7. The Morgan fingerprint density at radius 1 is 1.04 bits per heavy atom. The van der Waals surface area contributed by atoms with Gasteiger partial charge in [0.1, 0.15) is 5.52 Å². The standard InChI is InChI=1S/C20H21ClN2O/c21-17-7-5-15(6-8-17)9-12-23-13-10-16(11-14-23)20-22-18-3-1-2-4-19(18)24-20/h1-8,16H,9-14H2. The number of aromatic nitrogens is 1. The molecule has 1 aliphatic heterocycles. The molecule has 0 N–H and O–H groups in total. The van der Waals surface area contributed by atoms with Gasteiger partial charge in [-0.25, -0.2) is 4.98 Å². The number of benzene rings is 2. The van der Waals surface area contributed by atoms with Gasteiger partial charge in [0, 0.05) is 17.5 Å². The zero-order valence-electron chi connectivity index (χ0n) is 13.6. The van der Waals surface area contributed by atoms with Crippen LogP contribution in [0.4, 0.5) is 0 Å². The first-order chi connectivity index (χ1) is 11.8. The predicted molar refractivity (Wildman–Crippen MR) is 97.6 cm³/mol. The number of oxazole rings is 1. The minimum absolute atomic E-state index is 0.448. The maximum Gasteiger partial charge on any atom is 0.198 e. The number of para-hydroxylation sites is 2. The molecule has 1 saturated heterocycles. The lowest BCUT2D eigenvalue weighted by Crippen LogP contribution is -2.34. The first-order valence-electron chi connectivity index (χ1n) is 8.60. The van der Waals surface area contributed by atoms with E-state index in [9.17, 15) is 0 Å². The molecule has 2 aromatic carbocycles. The van der Waals surface area contributed by atoms with E-state index < -0.39 is 0 Å². The lowest BCUT2D eigenvalue weighted by molar-refractivity contribution is 0.203. The maximum absolute atomic E-state index is 5.94. The molecule has 1 aromatic heterocycles. The summed E-state index contributed by atoms with van der Waals surface area (Å²) in [7, 11) is 0. The van der Waals surface area contributed by atoms with E-state index in [4.69, 9.17) is 16.0 Å². The first kappa shape index (κ1) is 15.7. The van der Waals surface area contributed by atoms with Gasteiger partial charge < -0.3 is 9.32 Å². The molecule has 2 heterocycles. The second-order valence-electron chi connectivity index (χ2n) is 6.51. The number of halogens is 1. The summed E-state index contributed by atoms with van der Waals surface area (Å²) in [5.74, 6) is 1.36. The van der Waals surface area contributed by atoms with Gasteiger partial charge in [0.05, 0.1) is 0 Å². The SMILES string of the molecule is Clc1ccc(CCN2CCC(c3nc4ccccc4o3)CC2)cc1. The molecule has 4 rings (SSSR count). The van der Waals surface area contributed by atoms with Gasteiger partial charge in [0.25, 0.3) is 0 Å². The maximum atomic E-state index is 5.94. The van der Waals surface area contributed by atoms with Gasteiger partial charge in [-0.15, -0.1) is 0 Å². The van der Waals surface area contributed by atoms with Crippen LogP contribution in [0.25, 0.3) is 11.1 Å². The zero-order valence-corrected chi connectivity index (χ0v) is 14.4. The molecule has 0 atom stereocenters. The van der Waals surface area contributed by atoms with Gasteiger partial charge in [-0.2, -0.15) is 0 Å². The third kappa shape index (κ3) is 3.47. The van der Waals surface area contributed by atoms with Crippen LogP contribution in [0.5, 0.6) is 0 Å². The smallest absolute Gasteiger partial charge is 0.198 e. The van der Waals surface area contributed by atoms with Gasteiger partial charge in [-0.05, 0) is 62.2 Å². The molecule has 0 unspecified atom stereocenters. The summed E-state index contributed by atoms with van der Waals surface area (Å²) in [6, 6.07) is 16.2. The van der Waals surface area contributed by atoms with Crippen LogP contribution in [-0.2, 0) is 6.42 Å². The van der Waals surface area contributed by atoms with E-state index in [1.807, 2.05) is 36.4 Å². The summed E-state index contributed by atoms with van der Waals surface area (Å²) in [4.78, 5) is 7.20. The van der Waals surface area contributed by atoms with Crippen LogP contribution in [0.3, 0.4) is 0 Å². The van der Waals surface area contributed by atoms with Crippen molar-refractivity contribution >= 4 is 22.7 Å². The van der Waals surface area contributed by atoms with Crippen LogP contribution < -0.4 is 0 Å². The zero-order chi connectivity index (χ0) is 16.4. The van der Waals surface area contributed by atoms with Gasteiger partial charge in [0.2, 0.25) is 0 Å². The Balaban J connectivity index is 1.32. The molecule has 3 aromatic rings. The third-order valence-electron chi connectivity index (χ3n) is 4.88. The van der Waals surface area contributed by atoms with Crippen LogP contribution in [-0.4, -0.2) is 29.5 Å². The average Bonchev–Trinajstić information content (AvgIpc) is 3.06. The molecular weight excluding hydrogens is 320 g/mol. The van der Waals surface area contributed by atoms with Crippen LogP contribution in [0.2, 0.25) is 5.02 Å². The van der Waals surface area contributed by atoms with Crippen molar-refractivity contribution in [2.24, 2.45) is 0 Å². The molecule has 4 heteroatoms. The topological polar surface area (TPSA) is 29.3 Å². The third-order valence-corrected chi connectivity index (χ3v) is 5.13. The highest BCUT2D eigenvalue weighted by atomic mass is 35.5. The molecule has 0 saturated carbocycles. The highest BCUT2D eigenvalue weighted by Crippen LogP contribution is 2.29. The summed E-state index contributed by atoms with van der Waals surface area (Å²) in [6.45, 7) is 3.32. The Labute approximate surface area is 147 Å². The number of nitrogens with zero attached hydrogens (tertiary/aromatic N) is 2. The number of likely N-dealkylation sites (tertiary alicyclic amines) is 1. The van der Waals surface area contributed by atoms with Gasteiger partial charge >= 0.3 is 0 Å². The van der Waals surface area contributed by atoms with E-state index in [0.29, 0.717) is 5.92 Å². The molecular formula is C20H21ClN2O. The highest BCUT2D eigenvalue weighted by molar-refractivity contribution is 6.30. The molecule has 0 spiro atoms. The predicted octanol–water partition coefficient (Wildman–Crippen LogP) is 4.90. The number of rotatable bonds is 4. The van der Waals surface area contributed by atoms with Crippen molar-refractivity contribution in [3.63, 3.8) is 0 Å². The Kier molecular flexibility index (Phi) is 4.54. The summed E-state index contributed by atoms with van der Waals surface area (Å²) in [6.07, 6.45) is 3.31. The number of fused-ring (bicyclic) bond motifs is 1. The lowest BCUT2D eigenvalue weighted by Gasteiger charge is -2.30. The molecule has 124 valence electrons. The molecule has 0 amide bonds. The quantitative estimate of drug-likeness (QED) is 0.676. The van der Waals surface area contributed by atoms with E-state index in [2.05, 4.69) is 22.0 Å². The van der Waals surface area contributed by atoms with E-state index >= 15 is 0 Å². The Morgan fingerprint density at radius 3 is 2.54 bits per heavy atom. The molecule has 3 nitrogen and oxygen atoms in total. The molecule has 1 aliphatic rings. The van der Waals surface area contributed by atoms with Gasteiger partial charge in [-0.3, -0.25) is 0 Å². The van der Waals surface area contributed by atoms with Crippen molar-refractivity contribution < 1.29 is 4.42 Å². The van der Waals surface area contributed by atoms with E-state index in [-0.39, 0.29) is 0 Å². The number of hydrogen-bond acceptors (Lipinski definition) is 3. The second kappa shape index (κ2) is 6.96. The van der Waals surface area contributed by atoms with Crippen LogP contribution in [0.1, 0.15) is 30.2 Å². The minimum Gasteiger partial charge on any atom is -0.440 e. The Bertz CT molecular complexity index is 771. The first-order valence-corrected chi connectivity index (χ1v) is 8.98. The van der Waals surface area contributed by atoms with Crippen LogP contribution in [0, 0.1) is 0 Å². The molecule has 24 heavy (non-hydrogen) atoms. The fraction of sp³-hybridized carbons (Fsp3) is 0.350. The molecule has 0 bridgehead atoms. The van der Waals surface area contributed by atoms with Crippen LogP contribution >= 0.6 is 11.6 Å². The number of hydrogen-bond donors (Lipinski definition) is 0. The highest BCUT2D eigenvalue weighted by Gasteiger charge is 2.24. The van der Waals surface area contributed by atoms with Crippen molar-refractivity contribution in [2.75, 3.05) is 19.6 Å². The molecule has 0 radical (unpaired) electrons. The summed E-state index contributed by atoms with van der Waals surface area (Å²) in [5.41, 5.74) is 3.22. The number of piperidine rings is 1. The largest absolute Gasteiger partial charge is 0.440 e. The van der Waals surface area contributed by atoms with Crippen molar-refractivity contribution in [3.8, 4) is 0 Å². The fourth-order valence-electron chi connectivity index (χ4n) is 3.41. The van der Waals surface area contributed by atoms with Gasteiger partial charge in [0.15, 0.2) is 11.5 Å². The average molecular weight is 341 g/mol. The summed E-state index contributed by atoms with van der Waals surface area (Å²) >= 11 is 5.94. The van der Waals surface area contributed by atoms with Crippen molar-refractivity contribution in [1.82, 2.24) is 9.88 Å². The fourth-order valence-corrected chi connectivity index (χ4v) is 3.53. The van der Waals surface area contributed by atoms with Crippen molar-refractivity contribution in [1.29, 1.82) is 0 Å². The van der Waals surface area contributed by atoms with E-state index in [1.165, 1.54) is 5.56 Å².